The molecule has 10 nitrogen and oxygen atoms in total. The van der Waals surface area contributed by atoms with E-state index in [0.717, 1.165) is 75.5 Å². The number of fused-ring (bicyclic) bond motifs is 3. The van der Waals surface area contributed by atoms with Crippen molar-refractivity contribution in [3.63, 3.8) is 0 Å². The zero-order chi connectivity index (χ0) is 37.4. The van der Waals surface area contributed by atoms with Gasteiger partial charge in [0.1, 0.15) is 5.75 Å². The lowest BCUT2D eigenvalue weighted by Gasteiger charge is -2.26. The van der Waals surface area contributed by atoms with Crippen LogP contribution in [0.4, 0.5) is 17.1 Å². The standard InChI is InChI=1S/C15H14N2O2.C15H14N2O.C14H12N2O/c1-19-13-7-12(8-16-9-13)10-2-4-14-11(6-10)3-5-15(18)17-14;1-17-14-6-4-11(13-3-2-8-16-10-13)9-12(14)5-7-15(17)18;17-14-6-4-11-8-10(3-5-13(11)16-14)12-2-1-7-15-9-12/h2,4,6-9H,3,5H2,1H3,(H,17,18);2-4,6,8-10H,5,7H2,1H3;1-3,5,7-9H,4,6H2,(H,16,17). The number of hydrogen-bond acceptors (Lipinski definition) is 7. The molecule has 0 unspecified atom stereocenters. The van der Waals surface area contributed by atoms with E-state index in [2.05, 4.69) is 43.8 Å². The molecule has 2 N–H and O–H groups in total. The molecular formula is C44H40N6O4. The molecule has 3 aromatic heterocycles. The molecule has 0 saturated carbocycles. The van der Waals surface area contributed by atoms with Crippen LogP contribution in [0.25, 0.3) is 33.4 Å². The maximum Gasteiger partial charge on any atom is 0.227 e. The van der Waals surface area contributed by atoms with Crippen molar-refractivity contribution in [2.75, 3.05) is 29.7 Å². The number of carbonyl (C=O) groups excluding carboxylic acids is 3. The Bertz CT molecular complexity index is 2310. The summed E-state index contributed by atoms with van der Waals surface area (Å²) >= 11 is 0. The molecule has 270 valence electrons. The third-order valence-electron chi connectivity index (χ3n) is 9.70. The highest BCUT2D eigenvalue weighted by Crippen LogP contribution is 2.32. The smallest absolute Gasteiger partial charge is 0.227 e. The minimum absolute atomic E-state index is 0.0864. The summed E-state index contributed by atoms with van der Waals surface area (Å²) in [6.45, 7) is 0. The molecule has 0 atom stereocenters. The number of hydrogen-bond donors (Lipinski definition) is 2. The molecule has 0 saturated heterocycles. The van der Waals surface area contributed by atoms with Crippen molar-refractivity contribution in [1.82, 2.24) is 15.0 Å². The highest BCUT2D eigenvalue weighted by Gasteiger charge is 2.21. The van der Waals surface area contributed by atoms with Gasteiger partial charge in [0.2, 0.25) is 17.7 Å². The van der Waals surface area contributed by atoms with Gasteiger partial charge in [0, 0.05) is 79.9 Å². The zero-order valence-corrected chi connectivity index (χ0v) is 30.2. The SMILES string of the molecule is CN1C(=O)CCc2cc(-c3cccnc3)ccc21.COc1cncc(-c2ccc3c(c2)CCC(=O)N3)c1.O=C1CCc2cc(-c3cccnc3)ccc2N1. The van der Waals surface area contributed by atoms with Crippen LogP contribution >= 0.6 is 0 Å². The fraction of sp³-hybridized carbons (Fsp3) is 0.182. The molecule has 3 aliphatic heterocycles. The lowest BCUT2D eigenvalue weighted by molar-refractivity contribution is -0.119. The van der Waals surface area contributed by atoms with E-state index in [1.165, 1.54) is 16.7 Å². The number of nitrogens with one attached hydrogen (secondary N) is 2. The van der Waals surface area contributed by atoms with E-state index in [1.807, 2.05) is 92.4 Å². The lowest BCUT2D eigenvalue weighted by Crippen LogP contribution is -2.30. The van der Waals surface area contributed by atoms with Crippen molar-refractivity contribution in [2.45, 2.75) is 38.5 Å². The maximum atomic E-state index is 11.6. The van der Waals surface area contributed by atoms with E-state index in [-0.39, 0.29) is 17.7 Å². The Morgan fingerprint density at radius 1 is 0.537 bits per heavy atom. The third-order valence-corrected chi connectivity index (χ3v) is 9.70. The zero-order valence-electron chi connectivity index (χ0n) is 30.2. The number of carbonyl (C=O) groups is 3. The number of ether oxygens (including phenoxy) is 1. The number of methoxy groups -OCH3 is 1. The molecule has 54 heavy (non-hydrogen) atoms. The van der Waals surface area contributed by atoms with Gasteiger partial charge in [-0.25, -0.2) is 0 Å². The molecule has 3 aliphatic rings. The van der Waals surface area contributed by atoms with E-state index < -0.39 is 0 Å². The molecule has 0 radical (unpaired) electrons. The number of aryl methyl sites for hydroxylation is 3. The van der Waals surface area contributed by atoms with Crippen molar-refractivity contribution in [2.24, 2.45) is 0 Å². The Hall–Kier alpha value is -6.68. The average molecular weight is 717 g/mol. The lowest BCUT2D eigenvalue weighted by atomic mass is 9.97. The second-order valence-corrected chi connectivity index (χ2v) is 13.2. The minimum Gasteiger partial charge on any atom is -0.495 e. The second kappa shape index (κ2) is 16.3. The van der Waals surface area contributed by atoms with Gasteiger partial charge in [-0.05, 0) is 118 Å². The van der Waals surface area contributed by atoms with Crippen LogP contribution in [0, 0.1) is 0 Å². The summed E-state index contributed by atoms with van der Waals surface area (Å²) in [6.07, 6.45) is 14.9. The normalized spacial score (nSPS) is 14.0. The van der Waals surface area contributed by atoms with Crippen molar-refractivity contribution >= 4 is 34.8 Å². The highest BCUT2D eigenvalue weighted by atomic mass is 16.5. The summed E-state index contributed by atoms with van der Waals surface area (Å²) in [7, 11) is 3.47. The van der Waals surface area contributed by atoms with E-state index >= 15 is 0 Å². The molecule has 0 fully saturated rings. The van der Waals surface area contributed by atoms with Crippen LogP contribution < -0.4 is 20.3 Å². The minimum atomic E-state index is 0.0864. The molecule has 0 aliphatic carbocycles. The van der Waals surface area contributed by atoms with Crippen molar-refractivity contribution in [3.05, 3.63) is 139 Å². The second-order valence-electron chi connectivity index (χ2n) is 13.2. The molecule has 3 aromatic carbocycles. The fourth-order valence-electron chi connectivity index (χ4n) is 6.72. The van der Waals surface area contributed by atoms with Crippen LogP contribution in [0.1, 0.15) is 36.0 Å². The Morgan fingerprint density at radius 3 is 1.61 bits per heavy atom. The summed E-state index contributed by atoms with van der Waals surface area (Å²) < 4.78 is 5.18. The van der Waals surface area contributed by atoms with Crippen LogP contribution in [0.2, 0.25) is 0 Å². The van der Waals surface area contributed by atoms with Crippen molar-refractivity contribution in [1.29, 1.82) is 0 Å². The van der Waals surface area contributed by atoms with Gasteiger partial charge in [0.05, 0.1) is 13.3 Å². The van der Waals surface area contributed by atoms with E-state index in [1.54, 1.807) is 30.6 Å². The number of anilines is 3. The summed E-state index contributed by atoms with van der Waals surface area (Å²) in [4.78, 5) is 48.4. The molecule has 6 aromatic rings. The average Bonchev–Trinajstić information content (AvgIpc) is 3.23. The molecule has 9 rings (SSSR count). The van der Waals surface area contributed by atoms with Crippen molar-refractivity contribution < 1.29 is 19.1 Å². The summed E-state index contributed by atoms with van der Waals surface area (Å²) in [5, 5.41) is 5.77. The number of rotatable bonds is 4. The van der Waals surface area contributed by atoms with Crippen molar-refractivity contribution in [3.8, 4) is 39.1 Å². The van der Waals surface area contributed by atoms with Gasteiger partial charge in [-0.15, -0.1) is 0 Å². The molecule has 0 bridgehead atoms. The first-order valence-corrected chi connectivity index (χ1v) is 17.9. The largest absolute Gasteiger partial charge is 0.495 e. The first kappa shape index (κ1) is 35.7. The van der Waals surface area contributed by atoms with Crippen LogP contribution in [0.15, 0.2) is 122 Å². The monoisotopic (exact) mass is 716 g/mol. The summed E-state index contributed by atoms with van der Waals surface area (Å²) in [5.74, 6) is 1.12. The number of benzene rings is 3. The molecule has 6 heterocycles. The van der Waals surface area contributed by atoms with Gasteiger partial charge in [0.25, 0.3) is 0 Å². The van der Waals surface area contributed by atoms with Gasteiger partial charge in [0.15, 0.2) is 0 Å². The molecule has 3 amide bonds. The Kier molecular flexibility index (Phi) is 10.8. The Labute approximate surface area is 314 Å². The number of nitrogens with zero attached hydrogens (tertiary/aromatic N) is 4. The number of aromatic nitrogens is 3. The summed E-state index contributed by atoms with van der Waals surface area (Å²) in [5.41, 5.74) is 13.1. The van der Waals surface area contributed by atoms with Crippen LogP contribution in [0.5, 0.6) is 5.75 Å². The van der Waals surface area contributed by atoms with Crippen LogP contribution in [-0.2, 0) is 33.6 Å². The van der Waals surface area contributed by atoms with Crippen LogP contribution in [0.3, 0.4) is 0 Å². The molecule has 10 heteroatoms. The molecule has 0 spiro atoms. The van der Waals surface area contributed by atoms with E-state index in [4.69, 9.17) is 4.74 Å². The van der Waals surface area contributed by atoms with Crippen LogP contribution in [-0.4, -0.2) is 46.8 Å². The van der Waals surface area contributed by atoms with Gasteiger partial charge in [-0.2, -0.15) is 0 Å². The maximum absolute atomic E-state index is 11.6. The topological polar surface area (TPSA) is 126 Å². The van der Waals surface area contributed by atoms with E-state index in [0.29, 0.717) is 19.3 Å². The van der Waals surface area contributed by atoms with Gasteiger partial charge in [-0.1, -0.05) is 30.3 Å². The quantitative estimate of drug-likeness (QED) is 0.190. The molecular weight excluding hydrogens is 677 g/mol. The Balaban J connectivity index is 0.000000125. The predicted octanol–water partition coefficient (Wildman–Crippen LogP) is 7.93. The van der Waals surface area contributed by atoms with Gasteiger partial charge in [-0.3, -0.25) is 29.3 Å². The highest BCUT2D eigenvalue weighted by molar-refractivity contribution is 5.97. The third kappa shape index (κ3) is 8.34. The number of pyridine rings is 3. The van der Waals surface area contributed by atoms with E-state index in [9.17, 15) is 14.4 Å². The predicted molar refractivity (Wildman–Crippen MR) is 211 cm³/mol. The summed E-state index contributed by atoms with van der Waals surface area (Å²) in [6, 6.07) is 28.3. The Morgan fingerprint density at radius 2 is 1.06 bits per heavy atom. The fourth-order valence-corrected chi connectivity index (χ4v) is 6.72. The number of amides is 3. The first-order valence-electron chi connectivity index (χ1n) is 17.9. The van der Waals surface area contributed by atoms with Gasteiger partial charge >= 0.3 is 0 Å². The van der Waals surface area contributed by atoms with Gasteiger partial charge < -0.3 is 20.3 Å². The first-order chi connectivity index (χ1) is 26.3.